The van der Waals surface area contributed by atoms with Crippen LogP contribution in [0.4, 0.5) is 0 Å². The van der Waals surface area contributed by atoms with Gasteiger partial charge < -0.3 is 58.2 Å². The molecule has 2 aromatic heterocycles. The maximum Gasteiger partial charge on any atom is 0.0545 e. The van der Waals surface area contributed by atoms with Crippen molar-refractivity contribution in [3.63, 3.8) is 0 Å². The molecule has 15 nitrogen and oxygen atoms in total. The zero-order valence-corrected chi connectivity index (χ0v) is 42.5. The van der Waals surface area contributed by atoms with Crippen LogP contribution in [-0.4, -0.2) is 112 Å². The normalized spacial score (nSPS) is 28.2. The van der Waals surface area contributed by atoms with Crippen LogP contribution in [0, 0.1) is 0 Å². The molecule has 0 aromatic carbocycles. The van der Waals surface area contributed by atoms with Crippen molar-refractivity contribution >= 4 is 32.1 Å². The van der Waals surface area contributed by atoms with Crippen molar-refractivity contribution in [3.05, 3.63) is 59.2 Å². The van der Waals surface area contributed by atoms with Gasteiger partial charge >= 0.3 is 33.3 Å². The number of nitrogens with one attached hydrogen (secondary N) is 8. The van der Waals surface area contributed by atoms with Crippen LogP contribution in [0.5, 0.6) is 0 Å². The third-order valence-corrected chi connectivity index (χ3v) is 12.9. The minimum absolute atomic E-state index is 0. The Labute approximate surface area is 414 Å². The maximum absolute atomic E-state index is 9.00. The molecule has 2 aliphatic heterocycles. The fourth-order valence-electron chi connectivity index (χ4n) is 9.90. The summed E-state index contributed by atoms with van der Waals surface area (Å²) < 4.78 is 0. The van der Waals surface area contributed by atoms with E-state index in [0.29, 0.717) is 48.3 Å². The predicted molar refractivity (Wildman–Crippen MR) is 254 cm³/mol. The maximum atomic E-state index is 9.00. The van der Waals surface area contributed by atoms with Gasteiger partial charge in [0.15, 0.2) is 0 Å². The summed E-state index contributed by atoms with van der Waals surface area (Å²) in [5.41, 5.74) is 4.67. The third-order valence-electron chi connectivity index (χ3n) is 12.9. The second-order valence-corrected chi connectivity index (χ2v) is 19.6. The Balaban J connectivity index is 0.000000356. The molecule has 8 atom stereocenters. The molecule has 372 valence electrons. The summed E-state index contributed by atoms with van der Waals surface area (Å²) in [6.45, 7) is 9.94. The Hall–Kier alpha value is -1.50. The van der Waals surface area contributed by atoms with Crippen molar-refractivity contribution < 1.29 is 55.5 Å². The van der Waals surface area contributed by atoms with Crippen LogP contribution in [0.15, 0.2) is 36.4 Å². The molecule has 4 bridgehead atoms. The van der Waals surface area contributed by atoms with Crippen LogP contribution in [0.1, 0.15) is 139 Å². The minimum Gasteiger partial charge on any atom is -0.311 e. The van der Waals surface area contributed by atoms with Crippen molar-refractivity contribution in [2.45, 2.75) is 191 Å². The molecule has 65 heavy (non-hydrogen) atoms. The number of rotatable bonds is 0. The van der Waals surface area contributed by atoms with Gasteiger partial charge in [-0.2, -0.15) is 0 Å². The molecule has 0 saturated heterocycles. The number of carboxylic acids is 2. The van der Waals surface area contributed by atoms with Gasteiger partial charge in [-0.3, -0.25) is 19.6 Å². The van der Waals surface area contributed by atoms with E-state index in [1.54, 1.807) is 0 Å². The molecule has 4 heterocycles. The average molecular weight is 1030 g/mol. The summed E-state index contributed by atoms with van der Waals surface area (Å²) in [5, 5.41) is 45.3. The fraction of sp³-hybridized carbons (Fsp3) is 0.739. The van der Waals surface area contributed by atoms with E-state index in [2.05, 4.69) is 78.9 Å². The number of fused-ring (bicyclic) bond motifs is 8. The van der Waals surface area contributed by atoms with Gasteiger partial charge in [-0.15, -0.1) is 0 Å². The minimum atomic E-state index is -0.833. The number of carboxylic acid groups (broad SMARTS) is 2. The molecule has 12 N–H and O–H groups in total. The zero-order valence-electron chi connectivity index (χ0n) is 38.7. The van der Waals surface area contributed by atoms with E-state index >= 15 is 0 Å². The topological polar surface area (TPSA) is 228 Å². The van der Waals surface area contributed by atoms with Gasteiger partial charge in [0.25, 0.3) is 11.9 Å². The largest absolute Gasteiger partial charge is 0.311 e. The molecule has 0 spiro atoms. The number of hydrogen-bond donors (Lipinski definition) is 10. The third kappa shape index (κ3) is 24.6. The average Bonchev–Trinajstić information content (AvgIpc) is 3.28. The Morgan fingerprint density at radius 2 is 0.631 bits per heavy atom. The van der Waals surface area contributed by atoms with Crippen LogP contribution in [-0.2, 0) is 66.0 Å². The molecule has 8 rings (SSSR count). The summed E-state index contributed by atoms with van der Waals surface area (Å²) in [6, 6.07) is 17.6. The number of pyridine rings is 2. The number of nitrogens with zero attached hydrogens (tertiary/aromatic N) is 2. The van der Waals surface area contributed by atoms with Gasteiger partial charge in [0.1, 0.15) is 0 Å². The summed E-state index contributed by atoms with van der Waals surface area (Å²) in [6.07, 6.45) is 21.0. The van der Waals surface area contributed by atoms with Crippen molar-refractivity contribution in [1.82, 2.24) is 52.5 Å². The van der Waals surface area contributed by atoms with E-state index in [9.17, 15) is 0 Å². The fourth-order valence-corrected chi connectivity index (χ4v) is 9.90. The molecule has 1 radical (unpaired) electrons. The number of carbonyl (C=O) groups is 2. The predicted octanol–water partition coefficient (Wildman–Crippen LogP) is 4.88. The van der Waals surface area contributed by atoms with Crippen molar-refractivity contribution in [2.75, 3.05) is 26.2 Å². The number of hydrogen-bond acceptors (Lipinski definition) is 12. The Morgan fingerprint density at radius 3 is 0.815 bits per heavy atom. The molecular formula is C46H80Cl2Mn2N10O5. The molecular weight excluding hydrogens is 953 g/mol. The molecule has 4 aliphatic carbocycles. The van der Waals surface area contributed by atoms with Crippen molar-refractivity contribution in [2.24, 2.45) is 0 Å². The van der Waals surface area contributed by atoms with Crippen LogP contribution in [0.3, 0.4) is 0 Å². The first kappa shape index (κ1) is 59.6. The molecule has 4 unspecified atom stereocenters. The zero-order chi connectivity index (χ0) is 45.1. The molecule has 0 amide bonds. The summed E-state index contributed by atoms with van der Waals surface area (Å²) in [7, 11) is 9.59. The van der Waals surface area contributed by atoms with Gasteiger partial charge in [0.2, 0.25) is 0 Å². The van der Waals surface area contributed by atoms with Crippen LogP contribution in [0.25, 0.3) is 0 Å². The first-order valence-corrected chi connectivity index (χ1v) is 26.9. The Bertz CT molecular complexity index is 1370. The van der Waals surface area contributed by atoms with E-state index < -0.39 is 11.9 Å². The van der Waals surface area contributed by atoms with E-state index in [4.69, 9.17) is 50.0 Å². The number of aliphatic carboxylic acids is 2. The van der Waals surface area contributed by atoms with E-state index in [1.165, 1.54) is 126 Å². The van der Waals surface area contributed by atoms with E-state index in [-0.39, 0.29) is 35.7 Å². The second-order valence-electron chi connectivity index (χ2n) is 17.7. The van der Waals surface area contributed by atoms with Crippen molar-refractivity contribution in [3.8, 4) is 0 Å². The van der Waals surface area contributed by atoms with Gasteiger partial charge in [0.05, 0.1) is 22.8 Å². The Kier molecular flexibility index (Phi) is 32.6. The van der Waals surface area contributed by atoms with Gasteiger partial charge in [-0.25, -0.2) is 0 Å². The number of aromatic nitrogens is 2. The van der Waals surface area contributed by atoms with Gasteiger partial charge in [0, 0.05) is 132 Å². The van der Waals surface area contributed by atoms with E-state index in [1.807, 2.05) is 0 Å². The Morgan fingerprint density at radius 1 is 0.462 bits per heavy atom. The molecule has 4 saturated carbocycles. The van der Waals surface area contributed by atoms with Gasteiger partial charge in [-0.1, -0.05) is 63.5 Å². The molecule has 4 fully saturated rings. The standard InChI is InChI=1S/2C21H35N5.2C2H4O2.2ClH.2Mn.H2O/c2*1-3-10-20-18(8-1)22-12-13-23-19-9-2-4-11-21(19)25-15-17-7-5-6-16(26-17)14-24-20;2*1-2(3)4;;;;;/h2*5-7,18-25H,1-4,8-15H2;2*1H3,(H,3,4);2*1H;;;1H2/q;;;;;;;+2;/p-2/t2*18?,19?,20-,21-;;;;;;;/m11......./s1. The molecule has 19 heteroatoms. The number of halogens is 2. The van der Waals surface area contributed by atoms with Gasteiger partial charge in [-0.05, 0) is 75.6 Å². The smallest absolute Gasteiger partial charge is 0.0545 e. The van der Waals surface area contributed by atoms with E-state index in [0.717, 1.165) is 66.2 Å². The van der Waals surface area contributed by atoms with Crippen LogP contribution >= 0.6 is 20.2 Å². The first-order chi connectivity index (χ1) is 30.6. The van der Waals surface area contributed by atoms with Crippen LogP contribution < -0.4 is 42.5 Å². The SMILES string of the molecule is CC(=O)O.CC(=O)O.O.[Cl][Mn][Cl].[Mn].c1cc2nc(c1)CN[C@@H]1CCCCC1NCCNC1CCCC[C@H]1NC2.c1cc2nc(c1)CN[C@@H]1CCCCC1NCCNC1CCCC[C@H]1NC2. The summed E-state index contributed by atoms with van der Waals surface area (Å²) in [4.78, 5) is 27.8. The monoisotopic (exact) mass is 1030 g/mol. The van der Waals surface area contributed by atoms with Crippen LogP contribution in [0.2, 0.25) is 0 Å². The second kappa shape index (κ2) is 35.6. The molecule has 2 aromatic rings. The summed E-state index contributed by atoms with van der Waals surface area (Å²) >= 11 is 0.00694. The quantitative estimate of drug-likeness (QED) is 0.159. The van der Waals surface area contributed by atoms with Crippen molar-refractivity contribution in [1.29, 1.82) is 0 Å². The first-order valence-electron chi connectivity index (χ1n) is 23.7. The molecule has 6 aliphatic rings. The summed E-state index contributed by atoms with van der Waals surface area (Å²) in [5.74, 6) is -1.67.